The van der Waals surface area contributed by atoms with Crippen LogP contribution in [0.1, 0.15) is 47.3 Å². The molecule has 0 spiro atoms. The maximum absolute atomic E-state index is 11.9. The number of carbonyl (C=O) groups excluding carboxylic acids is 1. The predicted molar refractivity (Wildman–Crippen MR) is 96.2 cm³/mol. The first kappa shape index (κ1) is 19.7. The monoisotopic (exact) mass is 368 g/mol. The van der Waals surface area contributed by atoms with Gasteiger partial charge >= 0.3 is 5.97 Å². The average Bonchev–Trinajstić information content (AvgIpc) is 2.97. The molecule has 25 heavy (non-hydrogen) atoms. The predicted octanol–water partition coefficient (Wildman–Crippen LogP) is 3.60. The van der Waals surface area contributed by atoms with Gasteiger partial charge in [-0.2, -0.15) is 0 Å². The third-order valence-corrected chi connectivity index (χ3v) is 5.44. The van der Waals surface area contributed by atoms with Crippen molar-refractivity contribution in [2.24, 2.45) is 0 Å². The molecular formula is C18H25O6P. The third kappa shape index (κ3) is 4.32. The summed E-state index contributed by atoms with van der Waals surface area (Å²) in [6.07, 6.45) is 3.68. The number of ether oxygens (including phenoxy) is 2. The van der Waals surface area contributed by atoms with Crippen molar-refractivity contribution in [2.45, 2.75) is 40.2 Å². The number of cyclic esters (lactones) is 1. The molecule has 0 fully saturated rings. The number of hydrogen-bond donors (Lipinski definition) is 2. The number of rotatable bonds is 8. The van der Waals surface area contributed by atoms with Crippen LogP contribution in [0.3, 0.4) is 0 Å². The molecule has 0 saturated carbocycles. The van der Waals surface area contributed by atoms with E-state index in [0.717, 1.165) is 11.1 Å². The van der Waals surface area contributed by atoms with Crippen LogP contribution in [0, 0.1) is 6.92 Å². The molecule has 0 saturated heterocycles. The second kappa shape index (κ2) is 8.65. The van der Waals surface area contributed by atoms with Gasteiger partial charge in [-0.25, -0.2) is 4.79 Å². The average molecular weight is 368 g/mol. The molecular weight excluding hydrogens is 343 g/mol. The van der Waals surface area contributed by atoms with Crippen LogP contribution in [0.5, 0.6) is 11.5 Å². The first-order valence-corrected chi connectivity index (χ1v) is 9.63. The van der Waals surface area contributed by atoms with Crippen LogP contribution >= 0.6 is 8.38 Å². The summed E-state index contributed by atoms with van der Waals surface area (Å²) in [5.41, 5.74) is 3.40. The number of fused-ring (bicyclic) bond motifs is 1. The van der Waals surface area contributed by atoms with Gasteiger partial charge in [0, 0.05) is 17.3 Å². The van der Waals surface area contributed by atoms with E-state index in [2.05, 4.69) is 0 Å². The van der Waals surface area contributed by atoms with Crippen molar-refractivity contribution in [1.82, 2.24) is 0 Å². The molecule has 1 heterocycles. The number of hydrogen-bond acceptors (Lipinski definition) is 6. The molecule has 6 nitrogen and oxygen atoms in total. The Morgan fingerprint density at radius 3 is 2.80 bits per heavy atom. The van der Waals surface area contributed by atoms with Gasteiger partial charge in [-0.15, -0.1) is 0 Å². The molecule has 1 aromatic carbocycles. The van der Waals surface area contributed by atoms with Crippen LogP contribution in [0.15, 0.2) is 11.6 Å². The molecule has 1 unspecified atom stereocenters. The van der Waals surface area contributed by atoms with E-state index in [0.29, 0.717) is 42.5 Å². The van der Waals surface area contributed by atoms with E-state index in [1.807, 2.05) is 26.8 Å². The standard InChI is InChI=1S/C18H25O6P/c1-5-24-25(21)9-8-11(2)6-7-13-16(19)15-14(10-23-18(15)20)12(3)17(13)22-4/h6,19,21H,5,7-10H2,1-4H3/b11-6+. The van der Waals surface area contributed by atoms with Gasteiger partial charge in [-0.1, -0.05) is 11.6 Å². The summed E-state index contributed by atoms with van der Waals surface area (Å²) < 4.78 is 15.7. The topological polar surface area (TPSA) is 85.2 Å². The van der Waals surface area contributed by atoms with E-state index in [1.165, 1.54) is 0 Å². The summed E-state index contributed by atoms with van der Waals surface area (Å²) in [4.78, 5) is 21.6. The van der Waals surface area contributed by atoms with Crippen LogP contribution in [0.4, 0.5) is 0 Å². The molecule has 1 aromatic rings. The lowest BCUT2D eigenvalue weighted by molar-refractivity contribution is 0.0533. The SMILES string of the molecule is CCOP(O)CC/C(C)=C/Cc1c(O)c2c(c(C)c1OC)COC2=O. The molecule has 138 valence electrons. The van der Waals surface area contributed by atoms with Gasteiger partial charge in [0.25, 0.3) is 0 Å². The van der Waals surface area contributed by atoms with Gasteiger partial charge in [0.1, 0.15) is 23.7 Å². The molecule has 2 rings (SSSR count). The summed E-state index contributed by atoms with van der Waals surface area (Å²) in [6.45, 7) is 6.34. The van der Waals surface area contributed by atoms with Gasteiger partial charge < -0.3 is 24.0 Å². The van der Waals surface area contributed by atoms with Crippen LogP contribution in [0.25, 0.3) is 0 Å². The van der Waals surface area contributed by atoms with E-state index in [9.17, 15) is 14.8 Å². The lowest BCUT2D eigenvalue weighted by atomic mass is 9.95. The van der Waals surface area contributed by atoms with Crippen molar-refractivity contribution < 1.29 is 28.8 Å². The Morgan fingerprint density at radius 1 is 1.44 bits per heavy atom. The fourth-order valence-electron chi connectivity index (χ4n) is 2.89. The maximum Gasteiger partial charge on any atom is 0.342 e. The van der Waals surface area contributed by atoms with E-state index >= 15 is 0 Å². The lowest BCUT2D eigenvalue weighted by Crippen LogP contribution is -2.03. The van der Waals surface area contributed by atoms with Gasteiger partial charge in [0.05, 0.1) is 13.7 Å². The summed E-state index contributed by atoms with van der Waals surface area (Å²) in [7, 11) is 0.164. The molecule has 1 atom stereocenters. The zero-order valence-electron chi connectivity index (χ0n) is 15.1. The molecule has 7 heteroatoms. The van der Waals surface area contributed by atoms with Crippen LogP contribution in [-0.2, 0) is 22.3 Å². The van der Waals surface area contributed by atoms with Gasteiger partial charge in [-0.05, 0) is 39.2 Å². The van der Waals surface area contributed by atoms with E-state index in [4.69, 9.17) is 14.0 Å². The summed E-state index contributed by atoms with van der Waals surface area (Å²) >= 11 is 0. The molecule has 1 aliphatic heterocycles. The molecule has 0 aliphatic carbocycles. The normalized spacial score (nSPS) is 15.1. The number of allylic oxidation sites excluding steroid dienone is 2. The zero-order chi connectivity index (χ0) is 18.6. The number of phenols is 1. The van der Waals surface area contributed by atoms with Gasteiger partial charge in [0.2, 0.25) is 0 Å². The molecule has 1 aliphatic rings. The summed E-state index contributed by atoms with van der Waals surface area (Å²) in [6, 6.07) is 0. The van der Waals surface area contributed by atoms with Crippen molar-refractivity contribution >= 4 is 14.3 Å². The minimum absolute atomic E-state index is 0.0669. The van der Waals surface area contributed by atoms with Crippen molar-refractivity contribution in [3.05, 3.63) is 33.9 Å². The fourth-order valence-corrected chi connectivity index (χ4v) is 3.86. The number of benzene rings is 1. The second-order valence-electron chi connectivity index (χ2n) is 5.91. The highest BCUT2D eigenvalue weighted by atomic mass is 31.2. The Balaban J connectivity index is 2.22. The Labute approximate surface area is 149 Å². The van der Waals surface area contributed by atoms with E-state index < -0.39 is 14.3 Å². The lowest BCUT2D eigenvalue weighted by Gasteiger charge is -2.16. The smallest absolute Gasteiger partial charge is 0.342 e. The largest absolute Gasteiger partial charge is 0.507 e. The third-order valence-electron chi connectivity index (χ3n) is 4.28. The molecule has 0 amide bonds. The summed E-state index contributed by atoms with van der Waals surface area (Å²) in [5.74, 6) is 0.0166. The highest BCUT2D eigenvalue weighted by Crippen LogP contribution is 2.42. The van der Waals surface area contributed by atoms with E-state index in [-0.39, 0.29) is 17.9 Å². The van der Waals surface area contributed by atoms with Gasteiger partial charge in [0.15, 0.2) is 8.38 Å². The number of carbonyl (C=O) groups is 1. The van der Waals surface area contributed by atoms with Gasteiger partial charge in [-0.3, -0.25) is 0 Å². The van der Waals surface area contributed by atoms with Crippen LogP contribution in [0.2, 0.25) is 0 Å². The fraction of sp³-hybridized carbons (Fsp3) is 0.500. The van der Waals surface area contributed by atoms with Crippen LogP contribution in [-0.4, -0.2) is 35.8 Å². The molecule has 0 bridgehead atoms. The summed E-state index contributed by atoms with van der Waals surface area (Å²) in [5, 5.41) is 10.6. The Bertz CT molecular complexity index is 683. The minimum Gasteiger partial charge on any atom is -0.507 e. The first-order chi connectivity index (χ1) is 11.9. The highest BCUT2D eigenvalue weighted by molar-refractivity contribution is 7.46. The Kier molecular flexibility index (Phi) is 6.82. The number of methoxy groups -OCH3 is 1. The van der Waals surface area contributed by atoms with Crippen LogP contribution < -0.4 is 4.74 Å². The van der Waals surface area contributed by atoms with Crippen molar-refractivity contribution in [2.75, 3.05) is 19.9 Å². The van der Waals surface area contributed by atoms with Crippen molar-refractivity contribution in [1.29, 1.82) is 0 Å². The maximum atomic E-state index is 11.9. The van der Waals surface area contributed by atoms with E-state index in [1.54, 1.807) is 7.11 Å². The number of aromatic hydroxyl groups is 1. The number of phenolic OH excluding ortho intramolecular Hbond substituents is 1. The quantitative estimate of drug-likeness (QED) is 0.414. The number of esters is 1. The minimum atomic E-state index is -1.38. The van der Waals surface area contributed by atoms with Crippen molar-refractivity contribution in [3.8, 4) is 11.5 Å². The second-order valence-corrected chi connectivity index (χ2v) is 7.32. The first-order valence-electron chi connectivity index (χ1n) is 8.24. The Hall–Kier alpha value is -1.62. The zero-order valence-corrected chi connectivity index (χ0v) is 16.0. The molecule has 2 N–H and O–H groups in total. The Morgan fingerprint density at radius 2 is 2.16 bits per heavy atom. The molecule has 0 radical (unpaired) electrons. The van der Waals surface area contributed by atoms with Crippen molar-refractivity contribution in [3.63, 3.8) is 0 Å². The molecule has 0 aromatic heterocycles. The highest BCUT2D eigenvalue weighted by Gasteiger charge is 2.31.